The number of rotatable bonds is 4. The van der Waals surface area contributed by atoms with Crippen molar-refractivity contribution in [2.45, 2.75) is 19.4 Å². The highest BCUT2D eigenvalue weighted by Crippen LogP contribution is 2.41. The lowest BCUT2D eigenvalue weighted by Gasteiger charge is -2.30. The molecule has 1 N–H and O–H groups in total. The molecule has 3 aromatic rings. The van der Waals surface area contributed by atoms with Crippen LogP contribution in [0.2, 0.25) is 0 Å². The summed E-state index contributed by atoms with van der Waals surface area (Å²) in [4.78, 5) is 39.5. The van der Waals surface area contributed by atoms with Crippen molar-refractivity contribution >= 4 is 23.1 Å². The normalized spacial score (nSPS) is 15.5. The molecule has 1 atom stereocenters. The highest BCUT2D eigenvalue weighted by Gasteiger charge is 2.37. The molecule has 1 aromatic carbocycles. The summed E-state index contributed by atoms with van der Waals surface area (Å²) in [6.45, 7) is 1.89. The Morgan fingerprint density at radius 2 is 1.83 bits per heavy atom. The summed E-state index contributed by atoms with van der Waals surface area (Å²) in [7, 11) is 3.04. The Kier molecular flexibility index (Phi) is 5.17. The predicted molar refractivity (Wildman–Crippen MR) is 116 cm³/mol. The maximum absolute atomic E-state index is 13.2. The minimum Gasteiger partial charge on any atom is -0.457 e. The van der Waals surface area contributed by atoms with Crippen molar-refractivity contribution in [1.82, 2.24) is 9.13 Å². The van der Waals surface area contributed by atoms with E-state index < -0.39 is 23.1 Å². The van der Waals surface area contributed by atoms with Crippen LogP contribution in [0.3, 0.4) is 0 Å². The molecule has 0 saturated heterocycles. The number of aromatic nitrogens is 2. The molecule has 1 aliphatic heterocycles. The molecule has 0 fully saturated rings. The molecule has 0 spiro atoms. The Morgan fingerprint density at radius 1 is 1.10 bits per heavy atom. The quantitative estimate of drug-likeness (QED) is 0.653. The molecule has 0 bridgehead atoms. The Balaban J connectivity index is 1.82. The lowest BCUT2D eigenvalue weighted by atomic mass is 9.86. The molecule has 154 valence electrons. The Labute approximate surface area is 176 Å². The number of esters is 1. The van der Waals surface area contributed by atoms with Crippen molar-refractivity contribution < 1.29 is 9.53 Å². The van der Waals surface area contributed by atoms with Crippen molar-refractivity contribution in [2.75, 3.05) is 5.32 Å². The zero-order valence-electron chi connectivity index (χ0n) is 16.8. The molecule has 8 heteroatoms. The van der Waals surface area contributed by atoms with E-state index in [0.29, 0.717) is 22.7 Å². The molecule has 0 radical (unpaired) electrons. The summed E-state index contributed by atoms with van der Waals surface area (Å²) in [5, 5.41) is 4.99. The SMILES string of the molecule is CC1=C(C(=O)OCc2ccccc2)C(c2cccs2)c2c(n(C)c(=O)n(C)c2=O)N1. The van der Waals surface area contributed by atoms with Crippen molar-refractivity contribution in [3.8, 4) is 0 Å². The standard InChI is InChI=1S/C22H21N3O4S/c1-13-16(21(27)29-12-14-8-5-4-6-9-14)17(15-10-7-11-30-15)18-19(23-13)24(2)22(28)25(3)20(18)26/h4-11,17,23H,12H2,1-3H3. The van der Waals surface area contributed by atoms with Crippen LogP contribution in [-0.2, 0) is 30.2 Å². The van der Waals surface area contributed by atoms with Gasteiger partial charge in [0, 0.05) is 24.7 Å². The van der Waals surface area contributed by atoms with Crippen LogP contribution in [-0.4, -0.2) is 15.1 Å². The van der Waals surface area contributed by atoms with E-state index in [4.69, 9.17) is 4.74 Å². The van der Waals surface area contributed by atoms with E-state index in [-0.39, 0.29) is 6.61 Å². The van der Waals surface area contributed by atoms with Crippen LogP contribution in [0.1, 0.15) is 28.8 Å². The largest absolute Gasteiger partial charge is 0.457 e. The average molecular weight is 423 g/mol. The first-order valence-electron chi connectivity index (χ1n) is 9.42. The zero-order valence-corrected chi connectivity index (χ0v) is 17.7. The van der Waals surface area contributed by atoms with Gasteiger partial charge in [-0.15, -0.1) is 11.3 Å². The highest BCUT2D eigenvalue weighted by atomic mass is 32.1. The fourth-order valence-electron chi connectivity index (χ4n) is 3.70. The van der Waals surface area contributed by atoms with Crippen molar-refractivity contribution in [3.63, 3.8) is 0 Å². The molecule has 7 nitrogen and oxygen atoms in total. The summed E-state index contributed by atoms with van der Waals surface area (Å²) >= 11 is 1.45. The molecular weight excluding hydrogens is 402 g/mol. The number of nitrogens with zero attached hydrogens (tertiary/aromatic N) is 2. The number of carbonyl (C=O) groups excluding carboxylic acids is 1. The van der Waals surface area contributed by atoms with Gasteiger partial charge in [-0.25, -0.2) is 9.59 Å². The summed E-state index contributed by atoms with van der Waals surface area (Å²) < 4.78 is 8.06. The van der Waals surface area contributed by atoms with Crippen molar-refractivity contribution in [1.29, 1.82) is 0 Å². The van der Waals surface area contributed by atoms with E-state index >= 15 is 0 Å². The van der Waals surface area contributed by atoms with E-state index in [1.165, 1.54) is 23.0 Å². The first-order chi connectivity index (χ1) is 14.4. The Morgan fingerprint density at radius 3 is 2.50 bits per heavy atom. The topological polar surface area (TPSA) is 82.3 Å². The molecule has 1 unspecified atom stereocenters. The number of carbonyl (C=O) groups is 1. The van der Waals surface area contributed by atoms with Crippen LogP contribution in [0.5, 0.6) is 0 Å². The fraction of sp³-hybridized carbons (Fsp3) is 0.227. The summed E-state index contributed by atoms with van der Waals surface area (Å²) in [5.74, 6) is -0.711. The number of benzene rings is 1. The number of nitrogens with one attached hydrogen (secondary N) is 1. The summed E-state index contributed by atoms with van der Waals surface area (Å²) in [6.07, 6.45) is 0. The second-order valence-electron chi connectivity index (χ2n) is 7.14. The van der Waals surface area contributed by atoms with E-state index in [0.717, 1.165) is 15.0 Å². The minimum absolute atomic E-state index is 0.131. The number of hydrogen-bond donors (Lipinski definition) is 1. The lowest BCUT2D eigenvalue weighted by molar-refractivity contribution is -0.140. The molecule has 2 aromatic heterocycles. The number of allylic oxidation sites excluding steroid dienone is 1. The van der Waals surface area contributed by atoms with Gasteiger partial charge in [-0.3, -0.25) is 13.9 Å². The third kappa shape index (κ3) is 3.29. The van der Waals surface area contributed by atoms with Gasteiger partial charge < -0.3 is 10.1 Å². The number of thiophene rings is 1. The van der Waals surface area contributed by atoms with Gasteiger partial charge in [0.25, 0.3) is 5.56 Å². The predicted octanol–water partition coefficient (Wildman–Crippen LogP) is 2.72. The molecule has 1 aliphatic rings. The maximum atomic E-state index is 13.2. The summed E-state index contributed by atoms with van der Waals surface area (Å²) in [6, 6.07) is 13.2. The zero-order chi connectivity index (χ0) is 21.4. The van der Waals surface area contributed by atoms with Crippen molar-refractivity contribution in [3.05, 3.63) is 96.0 Å². The molecule has 30 heavy (non-hydrogen) atoms. The number of ether oxygens (including phenoxy) is 1. The number of hydrogen-bond acceptors (Lipinski definition) is 6. The van der Waals surface area contributed by atoms with Gasteiger partial charge in [-0.2, -0.15) is 0 Å². The van der Waals surface area contributed by atoms with Crippen LogP contribution in [0.4, 0.5) is 5.82 Å². The smallest absolute Gasteiger partial charge is 0.337 e. The average Bonchev–Trinajstić information content (AvgIpc) is 3.29. The van der Waals surface area contributed by atoms with Crippen LogP contribution in [0.25, 0.3) is 0 Å². The molecule has 4 rings (SSSR count). The second-order valence-corrected chi connectivity index (χ2v) is 8.12. The van der Waals surface area contributed by atoms with Gasteiger partial charge in [0.15, 0.2) is 0 Å². The van der Waals surface area contributed by atoms with Gasteiger partial charge in [0.1, 0.15) is 12.4 Å². The van der Waals surface area contributed by atoms with Gasteiger partial charge in [-0.1, -0.05) is 36.4 Å². The van der Waals surface area contributed by atoms with E-state index in [1.807, 2.05) is 47.8 Å². The Hall–Kier alpha value is -3.39. The third-order valence-electron chi connectivity index (χ3n) is 5.25. The first kappa shape index (κ1) is 19.9. The molecule has 0 saturated carbocycles. The summed E-state index contributed by atoms with van der Waals surface area (Å²) in [5.41, 5.74) is 1.30. The minimum atomic E-state index is -0.616. The first-order valence-corrected chi connectivity index (χ1v) is 10.3. The van der Waals surface area contributed by atoms with Crippen LogP contribution < -0.4 is 16.6 Å². The van der Waals surface area contributed by atoms with Gasteiger partial charge in [0.05, 0.1) is 17.1 Å². The maximum Gasteiger partial charge on any atom is 0.337 e. The van der Waals surface area contributed by atoms with Crippen LogP contribution >= 0.6 is 11.3 Å². The van der Waals surface area contributed by atoms with Crippen LogP contribution in [0, 0.1) is 0 Å². The number of anilines is 1. The van der Waals surface area contributed by atoms with Crippen LogP contribution in [0.15, 0.2) is 68.7 Å². The third-order valence-corrected chi connectivity index (χ3v) is 6.18. The Bertz CT molecular complexity index is 1250. The second kappa shape index (κ2) is 7.79. The van der Waals surface area contributed by atoms with E-state index in [9.17, 15) is 14.4 Å². The lowest BCUT2D eigenvalue weighted by Crippen LogP contribution is -2.43. The van der Waals surface area contributed by atoms with Gasteiger partial charge in [0.2, 0.25) is 0 Å². The number of fused-ring (bicyclic) bond motifs is 1. The van der Waals surface area contributed by atoms with E-state index in [2.05, 4.69) is 5.32 Å². The molecule has 3 heterocycles. The van der Waals surface area contributed by atoms with E-state index in [1.54, 1.807) is 14.0 Å². The highest BCUT2D eigenvalue weighted by molar-refractivity contribution is 7.10. The molecule has 0 amide bonds. The molecular formula is C22H21N3O4S. The monoisotopic (exact) mass is 423 g/mol. The van der Waals surface area contributed by atoms with Gasteiger partial charge in [-0.05, 0) is 23.9 Å². The molecule has 0 aliphatic carbocycles. The van der Waals surface area contributed by atoms with Crippen molar-refractivity contribution in [2.24, 2.45) is 14.1 Å². The van der Waals surface area contributed by atoms with Gasteiger partial charge >= 0.3 is 11.7 Å². The fourth-order valence-corrected chi connectivity index (χ4v) is 4.54.